The third-order valence-corrected chi connectivity index (χ3v) is 9.64. The number of fused-ring (bicyclic) bond motifs is 2. The number of carbonyl (C=O) groups is 2. The number of nitrogens with zero attached hydrogens (tertiary/aromatic N) is 3. The number of carbonyl (C=O) groups excluding carboxylic acids is 2. The SMILES string of the molecule is CC(=O)/C=C/c1ccc2nc(C3(NC(=O)c4ccc5c(C6CCCC6)c(-c6ccoc6)n(C)c5c4)CCC3)n(CCF)c2c1. The van der Waals surface area contributed by atoms with Gasteiger partial charge in [-0.15, -0.1) is 0 Å². The van der Waals surface area contributed by atoms with Gasteiger partial charge in [-0.05, 0) is 92.5 Å². The number of halogens is 1. The summed E-state index contributed by atoms with van der Waals surface area (Å²) < 4.78 is 23.4. The summed E-state index contributed by atoms with van der Waals surface area (Å²) in [5, 5.41) is 4.52. The number of hydrogen-bond donors (Lipinski definition) is 1. The van der Waals surface area contributed by atoms with Crippen molar-refractivity contribution < 1.29 is 18.4 Å². The van der Waals surface area contributed by atoms with E-state index < -0.39 is 12.2 Å². The van der Waals surface area contributed by atoms with Crippen molar-refractivity contribution in [2.24, 2.45) is 7.05 Å². The van der Waals surface area contributed by atoms with E-state index in [9.17, 15) is 14.0 Å². The Hall–Kier alpha value is -4.46. The van der Waals surface area contributed by atoms with E-state index in [1.165, 1.54) is 49.6 Å². The lowest BCUT2D eigenvalue weighted by atomic mass is 9.75. The number of imidazole rings is 1. The van der Waals surface area contributed by atoms with Gasteiger partial charge in [0.1, 0.15) is 12.5 Å². The number of furan rings is 1. The van der Waals surface area contributed by atoms with Gasteiger partial charge in [0, 0.05) is 29.1 Å². The zero-order valence-corrected chi connectivity index (χ0v) is 25.2. The molecule has 0 spiro atoms. The highest BCUT2D eigenvalue weighted by Gasteiger charge is 2.44. The van der Waals surface area contributed by atoms with E-state index in [2.05, 4.69) is 23.0 Å². The smallest absolute Gasteiger partial charge is 0.252 e. The number of alkyl halides is 1. The number of aromatic nitrogens is 3. The Balaban J connectivity index is 1.26. The second kappa shape index (κ2) is 11.2. The van der Waals surface area contributed by atoms with Crippen LogP contribution in [0.25, 0.3) is 39.3 Å². The van der Waals surface area contributed by atoms with Crippen LogP contribution < -0.4 is 5.32 Å². The van der Waals surface area contributed by atoms with Crippen molar-refractivity contribution >= 4 is 39.7 Å². The molecule has 0 atom stereocenters. The molecule has 1 N–H and O–H groups in total. The van der Waals surface area contributed by atoms with Crippen LogP contribution in [0.3, 0.4) is 0 Å². The van der Waals surface area contributed by atoms with Crippen LogP contribution >= 0.6 is 0 Å². The van der Waals surface area contributed by atoms with Gasteiger partial charge in [-0.2, -0.15) is 0 Å². The molecule has 0 bridgehead atoms. The zero-order chi connectivity index (χ0) is 30.4. The molecule has 7 nitrogen and oxygen atoms in total. The maximum absolute atomic E-state index is 14.0. The predicted molar refractivity (Wildman–Crippen MR) is 170 cm³/mol. The summed E-state index contributed by atoms with van der Waals surface area (Å²) >= 11 is 0. The summed E-state index contributed by atoms with van der Waals surface area (Å²) in [6.45, 7) is 1.09. The summed E-state index contributed by atoms with van der Waals surface area (Å²) in [5.41, 5.74) is 6.87. The second-order valence-corrected chi connectivity index (χ2v) is 12.4. The minimum absolute atomic E-state index is 0.0415. The lowest BCUT2D eigenvalue weighted by molar-refractivity contribution is -0.112. The van der Waals surface area contributed by atoms with Crippen molar-refractivity contribution in [2.75, 3.05) is 6.67 Å². The highest BCUT2D eigenvalue weighted by atomic mass is 19.1. The van der Waals surface area contributed by atoms with Crippen molar-refractivity contribution in [3.63, 3.8) is 0 Å². The lowest BCUT2D eigenvalue weighted by Gasteiger charge is -2.42. The summed E-state index contributed by atoms with van der Waals surface area (Å²) in [6.07, 6.45) is 14.0. The molecule has 226 valence electrons. The summed E-state index contributed by atoms with van der Waals surface area (Å²) in [6, 6.07) is 13.8. The molecular formula is C36H37FN4O3. The Morgan fingerprint density at radius 3 is 2.59 bits per heavy atom. The number of nitrogens with one attached hydrogen (secondary N) is 1. The quantitative estimate of drug-likeness (QED) is 0.177. The van der Waals surface area contributed by atoms with Crippen LogP contribution in [0.5, 0.6) is 0 Å². The van der Waals surface area contributed by atoms with E-state index in [4.69, 9.17) is 9.40 Å². The number of rotatable bonds is 9. The maximum atomic E-state index is 14.0. The van der Waals surface area contributed by atoms with Gasteiger partial charge in [-0.3, -0.25) is 9.59 Å². The standard InChI is InChI=1S/C36H37FN4O3/c1-23(42)8-9-24-10-13-29-31(20-24)41(18-17-37)35(38-29)36(15-5-16-36)39-34(43)26-11-12-28-30(21-26)40(2)33(27-14-19-44-22-27)32(28)25-6-3-4-7-25/h8-14,19-22,25H,3-7,15-18H2,1-2H3,(H,39,43)/b9-8+. The molecule has 0 radical (unpaired) electrons. The van der Waals surface area contributed by atoms with Gasteiger partial charge in [0.2, 0.25) is 0 Å². The van der Waals surface area contributed by atoms with Crippen LogP contribution in [0, 0.1) is 0 Å². The molecule has 2 fully saturated rings. The number of aryl methyl sites for hydroxylation is 2. The van der Waals surface area contributed by atoms with Crippen molar-refractivity contribution in [1.82, 2.24) is 19.4 Å². The van der Waals surface area contributed by atoms with Gasteiger partial charge < -0.3 is 18.9 Å². The molecule has 2 saturated carbocycles. The van der Waals surface area contributed by atoms with Crippen molar-refractivity contribution in [3.8, 4) is 11.3 Å². The number of allylic oxidation sites excluding steroid dienone is 1. The monoisotopic (exact) mass is 592 g/mol. The molecular weight excluding hydrogens is 555 g/mol. The van der Waals surface area contributed by atoms with Crippen LogP contribution in [0.2, 0.25) is 0 Å². The third-order valence-electron chi connectivity index (χ3n) is 9.64. The number of ketones is 1. The van der Waals surface area contributed by atoms with E-state index in [0.29, 0.717) is 17.3 Å². The van der Waals surface area contributed by atoms with Gasteiger partial charge in [0.05, 0.1) is 41.3 Å². The molecule has 2 aliphatic carbocycles. The molecule has 1 amide bonds. The molecule has 0 aliphatic heterocycles. The first kappa shape index (κ1) is 28.3. The van der Waals surface area contributed by atoms with Crippen molar-refractivity contribution in [1.29, 1.82) is 0 Å². The molecule has 3 heterocycles. The van der Waals surface area contributed by atoms with E-state index in [-0.39, 0.29) is 18.2 Å². The Labute approximate surface area is 255 Å². The highest BCUT2D eigenvalue weighted by Crippen LogP contribution is 2.45. The first-order chi connectivity index (χ1) is 21.4. The first-order valence-corrected chi connectivity index (χ1v) is 15.6. The minimum Gasteiger partial charge on any atom is -0.472 e. The molecule has 2 aromatic carbocycles. The zero-order valence-electron chi connectivity index (χ0n) is 25.2. The van der Waals surface area contributed by atoms with E-state index in [1.807, 2.05) is 41.0 Å². The lowest BCUT2D eigenvalue weighted by Crippen LogP contribution is -2.52. The Morgan fingerprint density at radius 1 is 1.09 bits per heavy atom. The van der Waals surface area contributed by atoms with Gasteiger partial charge >= 0.3 is 0 Å². The van der Waals surface area contributed by atoms with E-state index in [1.54, 1.807) is 18.6 Å². The van der Waals surface area contributed by atoms with Gasteiger partial charge in [0.15, 0.2) is 5.78 Å². The molecule has 5 aromatic rings. The second-order valence-electron chi connectivity index (χ2n) is 12.4. The van der Waals surface area contributed by atoms with E-state index >= 15 is 0 Å². The van der Waals surface area contributed by atoms with Crippen molar-refractivity contribution in [2.45, 2.75) is 69.9 Å². The average molecular weight is 593 g/mol. The molecule has 3 aromatic heterocycles. The molecule has 0 unspecified atom stereocenters. The van der Waals surface area contributed by atoms with Gasteiger partial charge in [0.25, 0.3) is 5.91 Å². The highest BCUT2D eigenvalue weighted by molar-refractivity contribution is 6.01. The third kappa shape index (κ3) is 4.77. The normalized spacial score (nSPS) is 16.7. The molecule has 44 heavy (non-hydrogen) atoms. The summed E-state index contributed by atoms with van der Waals surface area (Å²) in [7, 11) is 2.07. The van der Waals surface area contributed by atoms with Gasteiger partial charge in [-0.25, -0.2) is 9.37 Å². The van der Waals surface area contributed by atoms with Crippen LogP contribution in [0.1, 0.15) is 85.1 Å². The molecule has 2 aliphatic rings. The molecule has 7 rings (SSSR count). The predicted octanol–water partition coefficient (Wildman–Crippen LogP) is 7.83. The Morgan fingerprint density at radius 2 is 1.91 bits per heavy atom. The topological polar surface area (TPSA) is 82.1 Å². The fourth-order valence-corrected chi connectivity index (χ4v) is 7.34. The van der Waals surface area contributed by atoms with E-state index in [0.717, 1.165) is 52.6 Å². The van der Waals surface area contributed by atoms with Crippen LogP contribution in [-0.4, -0.2) is 32.5 Å². The fourth-order valence-electron chi connectivity index (χ4n) is 7.34. The largest absolute Gasteiger partial charge is 0.472 e. The van der Waals surface area contributed by atoms with Crippen LogP contribution in [0.15, 0.2) is 65.5 Å². The average Bonchev–Trinajstić information content (AvgIpc) is 3.81. The fraction of sp³-hybridized carbons (Fsp3) is 0.361. The van der Waals surface area contributed by atoms with Gasteiger partial charge in [-0.1, -0.05) is 31.1 Å². The van der Waals surface area contributed by atoms with Crippen LogP contribution in [0.4, 0.5) is 4.39 Å². The summed E-state index contributed by atoms with van der Waals surface area (Å²) in [4.78, 5) is 30.4. The summed E-state index contributed by atoms with van der Waals surface area (Å²) in [5.74, 6) is 0.968. The minimum atomic E-state index is -0.680. The molecule has 8 heteroatoms. The number of amides is 1. The maximum Gasteiger partial charge on any atom is 0.252 e. The molecule has 0 saturated heterocycles. The Kier molecular flexibility index (Phi) is 7.23. The van der Waals surface area contributed by atoms with Crippen molar-refractivity contribution in [3.05, 3.63) is 83.6 Å². The number of benzene rings is 2. The first-order valence-electron chi connectivity index (χ1n) is 15.6. The number of hydrogen-bond acceptors (Lipinski definition) is 4. The Bertz CT molecular complexity index is 1900. The van der Waals surface area contributed by atoms with Crippen LogP contribution in [-0.2, 0) is 23.9 Å².